The third-order valence-electron chi connectivity index (χ3n) is 6.25. The van der Waals surface area contributed by atoms with Crippen molar-refractivity contribution in [3.05, 3.63) is 64.7 Å². The first-order valence-corrected chi connectivity index (χ1v) is 14.6. The Morgan fingerprint density at radius 3 is 2.22 bits per heavy atom. The molecule has 0 bridgehead atoms. The van der Waals surface area contributed by atoms with Gasteiger partial charge in [0, 0.05) is 30.6 Å². The fraction of sp³-hybridized carbons (Fsp3) is 0.481. The molecule has 0 aliphatic carbocycles. The minimum absolute atomic E-state index is 0.0142. The lowest BCUT2D eigenvalue weighted by Crippen LogP contribution is -2.49. The minimum atomic E-state index is -3.53. The van der Waals surface area contributed by atoms with Gasteiger partial charge in [0.1, 0.15) is 6.04 Å². The predicted octanol–water partition coefficient (Wildman–Crippen LogP) is 4.78. The molecule has 0 spiro atoms. The van der Waals surface area contributed by atoms with E-state index in [1.807, 2.05) is 51.1 Å². The number of sulfonamides is 1. The van der Waals surface area contributed by atoms with E-state index >= 15 is 0 Å². The molecule has 1 N–H and O–H groups in total. The molecule has 9 heteroatoms. The first-order chi connectivity index (χ1) is 17.0. The number of carbonyl (C=O) groups is 2. The lowest BCUT2D eigenvalue weighted by molar-refractivity contribution is -0.140. The number of anilines is 1. The minimum Gasteiger partial charge on any atom is -0.352 e. The number of carbonyl (C=O) groups excluding carboxylic acids is 2. The average molecular weight is 536 g/mol. The second kappa shape index (κ2) is 13.7. The van der Waals surface area contributed by atoms with Crippen molar-refractivity contribution in [3.8, 4) is 0 Å². The Hall–Kier alpha value is -2.58. The van der Waals surface area contributed by atoms with Crippen molar-refractivity contribution >= 4 is 39.1 Å². The molecule has 36 heavy (non-hydrogen) atoms. The molecule has 0 aromatic heterocycles. The summed E-state index contributed by atoms with van der Waals surface area (Å²) in [5.41, 5.74) is 2.42. The zero-order valence-corrected chi connectivity index (χ0v) is 23.4. The van der Waals surface area contributed by atoms with Crippen LogP contribution in [-0.2, 0) is 32.6 Å². The number of benzene rings is 2. The molecule has 198 valence electrons. The van der Waals surface area contributed by atoms with E-state index in [-0.39, 0.29) is 37.4 Å². The molecule has 0 fully saturated rings. The van der Waals surface area contributed by atoms with Gasteiger partial charge in [-0.15, -0.1) is 0 Å². The molecule has 2 aromatic carbocycles. The number of rotatable bonds is 13. The molecule has 2 aromatic rings. The quantitative estimate of drug-likeness (QED) is 0.400. The summed E-state index contributed by atoms with van der Waals surface area (Å²) in [4.78, 5) is 27.7. The van der Waals surface area contributed by atoms with E-state index in [9.17, 15) is 18.0 Å². The number of hydrogen-bond donors (Lipinski definition) is 1. The van der Waals surface area contributed by atoms with Gasteiger partial charge in [-0.05, 0) is 62.4 Å². The van der Waals surface area contributed by atoms with Crippen molar-refractivity contribution < 1.29 is 18.0 Å². The molecule has 0 aliphatic rings. The average Bonchev–Trinajstić information content (AvgIpc) is 2.84. The molecule has 2 rings (SSSR count). The summed E-state index contributed by atoms with van der Waals surface area (Å²) in [5, 5.41) is 3.45. The van der Waals surface area contributed by atoms with Gasteiger partial charge in [-0.25, -0.2) is 8.42 Å². The van der Waals surface area contributed by atoms with E-state index in [2.05, 4.69) is 5.32 Å². The molecule has 0 radical (unpaired) electrons. The highest BCUT2D eigenvalue weighted by atomic mass is 35.5. The molecule has 2 atom stereocenters. The first kappa shape index (κ1) is 29.6. The number of nitrogens with zero attached hydrogens (tertiary/aromatic N) is 2. The molecule has 2 amide bonds. The summed E-state index contributed by atoms with van der Waals surface area (Å²) in [5.74, 6) is -0.477. The van der Waals surface area contributed by atoms with E-state index in [4.69, 9.17) is 11.6 Å². The van der Waals surface area contributed by atoms with Crippen molar-refractivity contribution in [2.24, 2.45) is 0 Å². The molecular formula is C27H38ClN3O4S. The third-order valence-corrected chi connectivity index (χ3v) is 7.81. The lowest BCUT2D eigenvalue weighted by atomic mass is 10.1. The van der Waals surface area contributed by atoms with Gasteiger partial charge < -0.3 is 10.2 Å². The van der Waals surface area contributed by atoms with Gasteiger partial charge >= 0.3 is 0 Å². The van der Waals surface area contributed by atoms with Gasteiger partial charge in [-0.3, -0.25) is 13.9 Å². The Balaban J connectivity index is 2.18. The van der Waals surface area contributed by atoms with Crippen LogP contribution in [-0.4, -0.2) is 50.0 Å². The van der Waals surface area contributed by atoms with Gasteiger partial charge in [0.05, 0.1) is 11.9 Å². The van der Waals surface area contributed by atoms with Gasteiger partial charge in [0.25, 0.3) is 0 Å². The van der Waals surface area contributed by atoms with Crippen LogP contribution in [0.5, 0.6) is 0 Å². The Kier molecular flexibility index (Phi) is 11.2. The van der Waals surface area contributed by atoms with Crippen LogP contribution in [0.25, 0.3) is 0 Å². The fourth-order valence-corrected chi connectivity index (χ4v) is 4.92. The maximum Gasteiger partial charge on any atom is 0.242 e. The Bertz CT molecular complexity index is 1120. The van der Waals surface area contributed by atoms with Crippen LogP contribution in [0.1, 0.15) is 58.1 Å². The van der Waals surface area contributed by atoms with Crippen molar-refractivity contribution in [2.45, 2.75) is 72.0 Å². The van der Waals surface area contributed by atoms with Crippen LogP contribution >= 0.6 is 11.6 Å². The molecule has 7 nitrogen and oxygen atoms in total. The van der Waals surface area contributed by atoms with Crippen LogP contribution in [0.2, 0.25) is 5.02 Å². The number of amides is 2. The molecule has 0 saturated carbocycles. The van der Waals surface area contributed by atoms with Gasteiger partial charge in [-0.2, -0.15) is 0 Å². The number of halogens is 1. The maximum atomic E-state index is 13.3. The zero-order valence-electron chi connectivity index (χ0n) is 21.8. The normalized spacial score (nSPS) is 13.1. The topological polar surface area (TPSA) is 86.8 Å². The SMILES string of the molecule is CCc1ccc(N(CCCC(=O)N(Cc2ccccc2Cl)[C@@H](C)C(=O)N[C@@H](C)CC)S(C)(=O)=O)cc1. The van der Waals surface area contributed by atoms with Crippen molar-refractivity contribution in [3.63, 3.8) is 0 Å². The van der Waals surface area contributed by atoms with Crippen molar-refractivity contribution in [1.29, 1.82) is 0 Å². The first-order valence-electron chi connectivity index (χ1n) is 12.4. The molecular weight excluding hydrogens is 498 g/mol. The second-order valence-corrected chi connectivity index (χ2v) is 11.4. The van der Waals surface area contributed by atoms with E-state index in [0.29, 0.717) is 17.1 Å². The molecule has 0 aliphatic heterocycles. The van der Waals surface area contributed by atoms with Crippen LogP contribution in [0, 0.1) is 0 Å². The summed E-state index contributed by atoms with van der Waals surface area (Å²) in [7, 11) is -3.53. The van der Waals surface area contributed by atoms with Crippen molar-refractivity contribution in [1.82, 2.24) is 10.2 Å². The molecule has 0 heterocycles. The van der Waals surface area contributed by atoms with Crippen molar-refractivity contribution in [2.75, 3.05) is 17.1 Å². The Morgan fingerprint density at radius 2 is 1.67 bits per heavy atom. The Labute approximate surface area is 220 Å². The van der Waals surface area contributed by atoms with E-state index in [0.717, 1.165) is 30.2 Å². The summed E-state index contributed by atoms with van der Waals surface area (Å²) < 4.78 is 26.2. The predicted molar refractivity (Wildman–Crippen MR) is 147 cm³/mol. The van der Waals surface area contributed by atoms with Crippen LogP contribution in [0.15, 0.2) is 48.5 Å². The van der Waals surface area contributed by atoms with Gasteiger partial charge in [-0.1, -0.05) is 55.8 Å². The maximum absolute atomic E-state index is 13.3. The summed E-state index contributed by atoms with van der Waals surface area (Å²) in [6, 6.07) is 13.9. The smallest absolute Gasteiger partial charge is 0.242 e. The number of hydrogen-bond acceptors (Lipinski definition) is 4. The van der Waals surface area contributed by atoms with Gasteiger partial charge in [0.2, 0.25) is 21.8 Å². The molecule has 0 unspecified atom stereocenters. The van der Waals surface area contributed by atoms with E-state index in [1.165, 1.54) is 9.21 Å². The highest BCUT2D eigenvalue weighted by Crippen LogP contribution is 2.22. The summed E-state index contributed by atoms with van der Waals surface area (Å²) >= 11 is 6.34. The molecule has 0 saturated heterocycles. The fourth-order valence-electron chi connectivity index (χ4n) is 3.76. The third kappa shape index (κ3) is 8.52. The van der Waals surface area contributed by atoms with E-state index in [1.54, 1.807) is 25.1 Å². The number of aryl methyl sites for hydroxylation is 1. The summed E-state index contributed by atoms with van der Waals surface area (Å²) in [6.07, 6.45) is 3.19. The van der Waals surface area contributed by atoms with Crippen LogP contribution in [0.3, 0.4) is 0 Å². The van der Waals surface area contributed by atoms with Crippen LogP contribution in [0.4, 0.5) is 5.69 Å². The Morgan fingerprint density at radius 1 is 1.03 bits per heavy atom. The van der Waals surface area contributed by atoms with Gasteiger partial charge in [0.15, 0.2) is 0 Å². The highest BCUT2D eigenvalue weighted by Gasteiger charge is 2.27. The van der Waals surface area contributed by atoms with E-state index < -0.39 is 16.1 Å². The standard InChI is InChI=1S/C27H38ClN3O4S/c1-6-20(3)29-27(33)21(4)30(19-23-11-8-9-12-25(23)28)26(32)13-10-18-31(36(5,34)35)24-16-14-22(7-2)15-17-24/h8-9,11-12,14-17,20-21H,6-7,10,13,18-19H2,1-5H3,(H,29,33)/t20-,21-/m0/s1. The highest BCUT2D eigenvalue weighted by molar-refractivity contribution is 7.92. The number of nitrogens with one attached hydrogen (secondary N) is 1. The second-order valence-electron chi connectivity index (χ2n) is 9.07. The lowest BCUT2D eigenvalue weighted by Gasteiger charge is -2.30. The summed E-state index contributed by atoms with van der Waals surface area (Å²) in [6.45, 7) is 7.96. The monoisotopic (exact) mass is 535 g/mol. The van der Waals surface area contributed by atoms with Crippen LogP contribution < -0.4 is 9.62 Å². The largest absolute Gasteiger partial charge is 0.352 e. The zero-order chi connectivity index (χ0) is 26.9.